The average Bonchev–Trinajstić information content (AvgIpc) is 2.86. The van der Waals surface area contributed by atoms with Gasteiger partial charge in [0.05, 0.1) is 11.2 Å². The molecule has 0 amide bonds. The number of benzene rings is 1. The minimum Gasteiger partial charge on any atom is -0.389 e. The predicted molar refractivity (Wildman–Crippen MR) is 87.8 cm³/mol. The lowest BCUT2D eigenvalue weighted by Crippen LogP contribution is -2.26. The molecular weight excluding hydrogens is 326 g/mol. The van der Waals surface area contributed by atoms with Crippen LogP contribution in [0.2, 0.25) is 0 Å². The fraction of sp³-hybridized carbons (Fsp3) is 0.231. The molecule has 0 saturated carbocycles. The number of sulfonamides is 1. The van der Waals surface area contributed by atoms with Crippen molar-refractivity contribution < 1.29 is 8.42 Å². The van der Waals surface area contributed by atoms with Gasteiger partial charge < -0.3 is 5.73 Å². The van der Waals surface area contributed by atoms with Crippen LogP contribution in [0.5, 0.6) is 0 Å². The van der Waals surface area contributed by atoms with Gasteiger partial charge in [-0.25, -0.2) is 13.4 Å². The van der Waals surface area contributed by atoms with Gasteiger partial charge in [-0.15, -0.1) is 11.3 Å². The smallest absolute Gasteiger partial charge is 0.254 e. The topological polar surface area (TPSA) is 76.3 Å². The van der Waals surface area contributed by atoms with E-state index in [0.29, 0.717) is 4.99 Å². The van der Waals surface area contributed by atoms with Crippen molar-refractivity contribution in [2.75, 3.05) is 7.05 Å². The van der Waals surface area contributed by atoms with Crippen LogP contribution in [0.25, 0.3) is 0 Å². The molecule has 0 spiro atoms. The minimum atomic E-state index is -3.52. The zero-order valence-corrected chi connectivity index (χ0v) is 14.1. The first-order chi connectivity index (χ1) is 9.80. The fourth-order valence-corrected chi connectivity index (χ4v) is 4.39. The van der Waals surface area contributed by atoms with E-state index in [0.717, 1.165) is 27.5 Å². The molecule has 2 rings (SSSR count). The molecule has 0 aliphatic heterocycles. The Balaban J connectivity index is 2.23. The molecule has 112 valence electrons. The number of aromatic nitrogens is 1. The minimum absolute atomic E-state index is 0.244. The third-order valence-corrected chi connectivity index (χ3v) is 6.27. The quantitative estimate of drug-likeness (QED) is 0.841. The Kier molecular flexibility index (Phi) is 4.72. The van der Waals surface area contributed by atoms with Crippen LogP contribution in [-0.4, -0.2) is 29.7 Å². The maximum absolute atomic E-state index is 12.4. The van der Waals surface area contributed by atoms with Crippen molar-refractivity contribution in [2.24, 2.45) is 5.73 Å². The van der Waals surface area contributed by atoms with Crippen LogP contribution in [0, 0.1) is 6.92 Å². The van der Waals surface area contributed by atoms with Crippen LogP contribution in [0.15, 0.2) is 34.7 Å². The summed E-state index contributed by atoms with van der Waals surface area (Å²) in [5, 5.41) is 0.720. The zero-order valence-electron chi connectivity index (χ0n) is 11.6. The number of hydrogen-bond donors (Lipinski definition) is 1. The third-order valence-electron chi connectivity index (χ3n) is 2.88. The highest BCUT2D eigenvalue weighted by atomic mass is 32.2. The summed E-state index contributed by atoms with van der Waals surface area (Å²) in [5.41, 5.74) is 7.14. The number of nitrogens with two attached hydrogens (primary N) is 1. The first-order valence-electron chi connectivity index (χ1n) is 6.08. The van der Waals surface area contributed by atoms with Crippen LogP contribution in [0.4, 0.5) is 0 Å². The Hall–Kier alpha value is -1.35. The Morgan fingerprint density at radius 2 is 2.19 bits per heavy atom. The van der Waals surface area contributed by atoms with E-state index >= 15 is 0 Å². The molecule has 2 aromatic rings. The molecule has 0 aliphatic rings. The van der Waals surface area contributed by atoms with Crippen molar-refractivity contribution in [1.82, 2.24) is 9.29 Å². The molecule has 0 saturated heterocycles. The van der Waals surface area contributed by atoms with Gasteiger partial charge in [0.1, 0.15) is 4.99 Å². The largest absolute Gasteiger partial charge is 0.389 e. The Morgan fingerprint density at radius 1 is 1.48 bits per heavy atom. The van der Waals surface area contributed by atoms with Gasteiger partial charge in [0.15, 0.2) is 4.21 Å². The molecular formula is C13H15N3O2S3. The van der Waals surface area contributed by atoms with Gasteiger partial charge in [-0.1, -0.05) is 30.4 Å². The van der Waals surface area contributed by atoms with E-state index in [2.05, 4.69) is 4.98 Å². The number of thiazole rings is 1. The molecule has 0 bridgehead atoms. The van der Waals surface area contributed by atoms with Crippen LogP contribution >= 0.6 is 23.6 Å². The lowest BCUT2D eigenvalue weighted by atomic mass is 10.1. The second-order valence-electron chi connectivity index (χ2n) is 4.52. The summed E-state index contributed by atoms with van der Waals surface area (Å²) < 4.78 is 26.4. The molecule has 0 fully saturated rings. The van der Waals surface area contributed by atoms with E-state index in [-0.39, 0.29) is 10.8 Å². The predicted octanol–water partition coefficient (Wildman–Crippen LogP) is 1.91. The molecule has 2 N–H and O–H groups in total. The molecule has 1 heterocycles. The average molecular weight is 341 g/mol. The maximum Gasteiger partial charge on any atom is 0.254 e. The van der Waals surface area contributed by atoms with Crippen LogP contribution in [0.1, 0.15) is 16.1 Å². The van der Waals surface area contributed by atoms with Gasteiger partial charge in [-0.3, -0.25) is 0 Å². The standard InChI is InChI=1S/C13H15N3O2S3/c1-9-15-7-12(20-9)21(17,18)16(2)8-10-4-3-5-11(6-10)13(14)19/h3-7H,8H2,1-2H3,(H2,14,19). The highest BCUT2D eigenvalue weighted by molar-refractivity contribution is 7.91. The molecule has 1 aromatic carbocycles. The zero-order chi connectivity index (χ0) is 15.6. The Bertz CT molecular complexity index is 768. The molecule has 1 aromatic heterocycles. The first kappa shape index (κ1) is 16.0. The van der Waals surface area contributed by atoms with Crippen molar-refractivity contribution in [1.29, 1.82) is 0 Å². The molecule has 0 radical (unpaired) electrons. The van der Waals surface area contributed by atoms with E-state index < -0.39 is 10.0 Å². The summed E-state index contributed by atoms with van der Waals surface area (Å²) in [7, 11) is -1.98. The number of nitrogens with zero attached hydrogens (tertiary/aromatic N) is 2. The van der Waals surface area contributed by atoms with E-state index in [1.165, 1.54) is 17.5 Å². The molecule has 0 aliphatic carbocycles. The van der Waals surface area contributed by atoms with Gasteiger partial charge in [0, 0.05) is 19.2 Å². The summed E-state index contributed by atoms with van der Waals surface area (Å²) in [6.07, 6.45) is 1.39. The van der Waals surface area contributed by atoms with E-state index in [4.69, 9.17) is 18.0 Å². The summed E-state index contributed by atoms with van der Waals surface area (Å²) in [6.45, 7) is 2.02. The highest BCUT2D eigenvalue weighted by Gasteiger charge is 2.23. The normalized spacial score (nSPS) is 11.8. The number of rotatable bonds is 5. The van der Waals surface area contributed by atoms with Crippen molar-refractivity contribution in [3.8, 4) is 0 Å². The second kappa shape index (κ2) is 6.18. The van der Waals surface area contributed by atoms with Crippen LogP contribution in [0.3, 0.4) is 0 Å². The summed E-state index contributed by atoms with van der Waals surface area (Å²) in [5.74, 6) is 0. The SMILES string of the molecule is Cc1ncc(S(=O)(=O)N(C)Cc2cccc(C(N)=S)c2)s1. The van der Waals surface area contributed by atoms with Crippen LogP contribution < -0.4 is 5.73 Å². The summed E-state index contributed by atoms with van der Waals surface area (Å²) in [6, 6.07) is 7.24. The molecule has 0 atom stereocenters. The van der Waals surface area contributed by atoms with E-state index in [1.807, 2.05) is 6.07 Å². The van der Waals surface area contributed by atoms with Crippen molar-refractivity contribution in [2.45, 2.75) is 17.7 Å². The second-order valence-corrected chi connectivity index (χ2v) is 8.47. The van der Waals surface area contributed by atoms with Gasteiger partial charge in [0.25, 0.3) is 10.0 Å². The van der Waals surface area contributed by atoms with E-state index in [1.54, 1.807) is 25.1 Å². The lowest BCUT2D eigenvalue weighted by molar-refractivity contribution is 0.468. The molecule has 21 heavy (non-hydrogen) atoms. The summed E-state index contributed by atoms with van der Waals surface area (Å²) >= 11 is 6.09. The first-order valence-corrected chi connectivity index (χ1v) is 8.74. The van der Waals surface area contributed by atoms with Crippen molar-refractivity contribution in [3.05, 3.63) is 46.6 Å². The van der Waals surface area contributed by atoms with Crippen LogP contribution in [-0.2, 0) is 16.6 Å². The van der Waals surface area contributed by atoms with Gasteiger partial charge >= 0.3 is 0 Å². The highest BCUT2D eigenvalue weighted by Crippen LogP contribution is 2.22. The third kappa shape index (κ3) is 3.65. The summed E-state index contributed by atoms with van der Waals surface area (Å²) in [4.78, 5) is 4.28. The lowest BCUT2D eigenvalue weighted by Gasteiger charge is -2.16. The maximum atomic E-state index is 12.4. The molecule has 5 nitrogen and oxygen atoms in total. The van der Waals surface area contributed by atoms with Crippen molar-refractivity contribution >= 4 is 38.6 Å². The van der Waals surface area contributed by atoms with Gasteiger partial charge in [-0.2, -0.15) is 4.31 Å². The van der Waals surface area contributed by atoms with E-state index in [9.17, 15) is 8.42 Å². The number of thiocarbonyl (C=S) groups is 1. The molecule has 8 heteroatoms. The molecule has 0 unspecified atom stereocenters. The number of hydrogen-bond acceptors (Lipinski definition) is 5. The Labute approximate surface area is 133 Å². The fourth-order valence-electron chi connectivity index (χ4n) is 1.78. The van der Waals surface area contributed by atoms with Gasteiger partial charge in [-0.05, 0) is 18.6 Å². The Morgan fingerprint density at radius 3 is 2.76 bits per heavy atom. The number of aryl methyl sites for hydroxylation is 1. The monoisotopic (exact) mass is 341 g/mol. The van der Waals surface area contributed by atoms with Crippen molar-refractivity contribution in [3.63, 3.8) is 0 Å². The van der Waals surface area contributed by atoms with Gasteiger partial charge in [0.2, 0.25) is 0 Å².